The van der Waals surface area contributed by atoms with Crippen molar-refractivity contribution in [1.82, 2.24) is 9.62 Å². The third kappa shape index (κ3) is 4.90. The number of rotatable bonds is 5. The molecule has 0 aliphatic heterocycles. The molecular formula is C18H21N3O4S. The number of anilines is 1. The minimum atomic E-state index is -3.49. The van der Waals surface area contributed by atoms with E-state index < -0.39 is 21.8 Å². The van der Waals surface area contributed by atoms with E-state index in [0.29, 0.717) is 11.3 Å². The lowest BCUT2D eigenvalue weighted by Crippen LogP contribution is -2.34. The smallest absolute Gasteiger partial charge is 0.313 e. The number of hydrogen-bond acceptors (Lipinski definition) is 4. The number of aryl methyl sites for hydroxylation is 1. The van der Waals surface area contributed by atoms with Crippen LogP contribution in [0.25, 0.3) is 0 Å². The van der Waals surface area contributed by atoms with E-state index in [1.54, 1.807) is 24.3 Å². The first-order valence-corrected chi connectivity index (χ1v) is 9.31. The van der Waals surface area contributed by atoms with Gasteiger partial charge in [0.15, 0.2) is 0 Å². The van der Waals surface area contributed by atoms with E-state index in [9.17, 15) is 18.0 Å². The summed E-state index contributed by atoms with van der Waals surface area (Å²) in [6, 6.07) is 13.2. The second-order valence-electron chi connectivity index (χ2n) is 5.93. The van der Waals surface area contributed by atoms with Crippen molar-refractivity contribution < 1.29 is 18.0 Å². The number of benzene rings is 2. The summed E-state index contributed by atoms with van der Waals surface area (Å²) >= 11 is 0. The SMILES string of the molecule is Cc1ccc(NC(=O)C(=O)NCc2ccc(S(=O)(=O)N(C)C)cc2)cc1. The van der Waals surface area contributed by atoms with Crippen LogP contribution in [0.4, 0.5) is 5.69 Å². The lowest BCUT2D eigenvalue weighted by atomic mass is 10.2. The maximum atomic E-state index is 12.0. The zero-order valence-corrected chi connectivity index (χ0v) is 15.6. The number of carbonyl (C=O) groups is 2. The quantitative estimate of drug-likeness (QED) is 0.774. The molecule has 0 aromatic heterocycles. The van der Waals surface area contributed by atoms with Crippen molar-refractivity contribution in [3.05, 3.63) is 59.7 Å². The van der Waals surface area contributed by atoms with Gasteiger partial charge in [0.2, 0.25) is 10.0 Å². The van der Waals surface area contributed by atoms with Crippen LogP contribution in [0.1, 0.15) is 11.1 Å². The Labute approximate surface area is 153 Å². The molecule has 138 valence electrons. The van der Waals surface area contributed by atoms with Crippen LogP contribution in [0.2, 0.25) is 0 Å². The first-order valence-electron chi connectivity index (χ1n) is 7.87. The molecule has 2 aromatic rings. The van der Waals surface area contributed by atoms with Crippen LogP contribution in [0, 0.1) is 6.92 Å². The zero-order valence-electron chi connectivity index (χ0n) is 14.8. The fourth-order valence-corrected chi connectivity index (χ4v) is 2.98. The highest BCUT2D eigenvalue weighted by molar-refractivity contribution is 7.89. The number of amides is 2. The number of nitrogens with one attached hydrogen (secondary N) is 2. The molecule has 0 heterocycles. The molecule has 7 nitrogen and oxygen atoms in total. The second-order valence-corrected chi connectivity index (χ2v) is 8.09. The van der Waals surface area contributed by atoms with Gasteiger partial charge in [-0.2, -0.15) is 0 Å². The topological polar surface area (TPSA) is 95.6 Å². The van der Waals surface area contributed by atoms with Gasteiger partial charge in [0.25, 0.3) is 0 Å². The van der Waals surface area contributed by atoms with Crippen LogP contribution in [0.15, 0.2) is 53.4 Å². The summed E-state index contributed by atoms with van der Waals surface area (Å²) in [5, 5.41) is 5.01. The van der Waals surface area contributed by atoms with E-state index in [1.807, 2.05) is 19.1 Å². The Morgan fingerprint density at radius 2 is 1.50 bits per heavy atom. The van der Waals surface area contributed by atoms with Gasteiger partial charge in [-0.1, -0.05) is 29.8 Å². The fourth-order valence-electron chi connectivity index (χ4n) is 2.08. The van der Waals surface area contributed by atoms with Gasteiger partial charge in [0, 0.05) is 26.3 Å². The summed E-state index contributed by atoms with van der Waals surface area (Å²) in [5.41, 5.74) is 2.26. The van der Waals surface area contributed by atoms with Crippen molar-refractivity contribution in [1.29, 1.82) is 0 Å². The molecule has 26 heavy (non-hydrogen) atoms. The molecule has 0 bridgehead atoms. The van der Waals surface area contributed by atoms with Crippen molar-refractivity contribution >= 4 is 27.5 Å². The van der Waals surface area contributed by atoms with E-state index in [-0.39, 0.29) is 11.4 Å². The fraction of sp³-hybridized carbons (Fsp3) is 0.222. The molecule has 0 unspecified atom stereocenters. The van der Waals surface area contributed by atoms with Crippen LogP contribution in [-0.4, -0.2) is 38.6 Å². The lowest BCUT2D eigenvalue weighted by molar-refractivity contribution is -0.136. The van der Waals surface area contributed by atoms with Crippen LogP contribution in [-0.2, 0) is 26.2 Å². The van der Waals surface area contributed by atoms with Crippen LogP contribution in [0.3, 0.4) is 0 Å². The molecule has 2 N–H and O–H groups in total. The molecule has 0 saturated heterocycles. The Balaban J connectivity index is 1.92. The predicted molar refractivity (Wildman–Crippen MR) is 99.0 cm³/mol. The number of sulfonamides is 1. The van der Waals surface area contributed by atoms with Gasteiger partial charge >= 0.3 is 11.8 Å². The van der Waals surface area contributed by atoms with E-state index in [1.165, 1.54) is 26.2 Å². The highest BCUT2D eigenvalue weighted by Crippen LogP contribution is 2.14. The normalized spacial score (nSPS) is 11.2. The number of carbonyl (C=O) groups excluding carboxylic acids is 2. The number of nitrogens with zero attached hydrogens (tertiary/aromatic N) is 1. The molecule has 0 atom stereocenters. The van der Waals surface area contributed by atoms with Crippen LogP contribution in [0.5, 0.6) is 0 Å². The van der Waals surface area contributed by atoms with E-state index in [4.69, 9.17) is 0 Å². The Morgan fingerprint density at radius 1 is 0.923 bits per heavy atom. The van der Waals surface area contributed by atoms with Gasteiger partial charge in [-0.05, 0) is 36.8 Å². The molecule has 0 aliphatic rings. The van der Waals surface area contributed by atoms with Crippen molar-refractivity contribution in [2.45, 2.75) is 18.4 Å². The summed E-state index contributed by atoms with van der Waals surface area (Å²) in [4.78, 5) is 23.9. The molecule has 0 aliphatic carbocycles. The summed E-state index contributed by atoms with van der Waals surface area (Å²) in [7, 11) is -0.585. The minimum absolute atomic E-state index is 0.114. The van der Waals surface area contributed by atoms with E-state index in [2.05, 4.69) is 10.6 Å². The Bertz CT molecular complexity index is 889. The summed E-state index contributed by atoms with van der Waals surface area (Å²) < 4.78 is 25.1. The summed E-state index contributed by atoms with van der Waals surface area (Å²) in [5.74, 6) is -1.53. The Morgan fingerprint density at radius 3 is 2.04 bits per heavy atom. The van der Waals surface area contributed by atoms with Crippen molar-refractivity contribution in [3.63, 3.8) is 0 Å². The largest absolute Gasteiger partial charge is 0.344 e. The first-order chi connectivity index (χ1) is 12.2. The summed E-state index contributed by atoms with van der Waals surface area (Å²) in [6.45, 7) is 2.04. The van der Waals surface area contributed by atoms with Crippen molar-refractivity contribution in [2.24, 2.45) is 0 Å². The average Bonchev–Trinajstić information content (AvgIpc) is 2.61. The molecule has 2 amide bonds. The third-order valence-electron chi connectivity index (χ3n) is 3.67. The number of hydrogen-bond donors (Lipinski definition) is 2. The van der Waals surface area contributed by atoms with E-state index >= 15 is 0 Å². The van der Waals surface area contributed by atoms with Gasteiger partial charge in [-0.15, -0.1) is 0 Å². The monoisotopic (exact) mass is 375 g/mol. The Kier molecular flexibility index (Phi) is 6.12. The summed E-state index contributed by atoms with van der Waals surface area (Å²) in [6.07, 6.45) is 0. The molecule has 2 rings (SSSR count). The van der Waals surface area contributed by atoms with Gasteiger partial charge in [0.05, 0.1) is 4.90 Å². The van der Waals surface area contributed by atoms with Gasteiger partial charge < -0.3 is 10.6 Å². The molecule has 0 spiro atoms. The van der Waals surface area contributed by atoms with Crippen LogP contribution < -0.4 is 10.6 Å². The van der Waals surface area contributed by atoms with Crippen LogP contribution >= 0.6 is 0 Å². The molecule has 0 saturated carbocycles. The molecular weight excluding hydrogens is 354 g/mol. The minimum Gasteiger partial charge on any atom is -0.344 e. The zero-order chi connectivity index (χ0) is 19.3. The van der Waals surface area contributed by atoms with Gasteiger partial charge in [-0.3, -0.25) is 9.59 Å². The first kappa shape index (κ1) is 19.6. The maximum Gasteiger partial charge on any atom is 0.313 e. The average molecular weight is 375 g/mol. The second kappa shape index (κ2) is 8.11. The van der Waals surface area contributed by atoms with E-state index in [0.717, 1.165) is 9.87 Å². The van der Waals surface area contributed by atoms with Crippen molar-refractivity contribution in [2.75, 3.05) is 19.4 Å². The third-order valence-corrected chi connectivity index (χ3v) is 5.50. The standard InChI is InChI=1S/C18H21N3O4S/c1-13-4-8-15(9-5-13)20-18(23)17(22)19-12-14-6-10-16(11-7-14)26(24,25)21(2)3/h4-11H,12H2,1-3H3,(H,19,22)(H,20,23). The van der Waals surface area contributed by atoms with Gasteiger partial charge in [0.1, 0.15) is 0 Å². The molecule has 8 heteroatoms. The van der Waals surface area contributed by atoms with Crippen molar-refractivity contribution in [3.8, 4) is 0 Å². The highest BCUT2D eigenvalue weighted by atomic mass is 32.2. The molecule has 0 radical (unpaired) electrons. The lowest BCUT2D eigenvalue weighted by Gasteiger charge is -2.12. The Hall–Kier alpha value is -2.71. The highest BCUT2D eigenvalue weighted by Gasteiger charge is 2.17. The molecule has 2 aromatic carbocycles. The molecule has 0 fully saturated rings. The maximum absolute atomic E-state index is 12.0. The predicted octanol–water partition coefficient (Wildman–Crippen LogP) is 1.50. The van der Waals surface area contributed by atoms with Gasteiger partial charge in [-0.25, -0.2) is 12.7 Å².